The van der Waals surface area contributed by atoms with E-state index in [4.69, 9.17) is 0 Å². The molecule has 1 aliphatic carbocycles. The van der Waals surface area contributed by atoms with Crippen molar-refractivity contribution in [3.63, 3.8) is 0 Å². The molecule has 0 radical (unpaired) electrons. The van der Waals surface area contributed by atoms with E-state index in [0.29, 0.717) is 12.5 Å². The Morgan fingerprint density at radius 3 is 2.75 bits per heavy atom. The van der Waals surface area contributed by atoms with Crippen LogP contribution in [0.1, 0.15) is 29.5 Å². The molecule has 16 heavy (non-hydrogen) atoms. The molecular weight excluding hydrogens is 222 g/mol. The van der Waals surface area contributed by atoms with Gasteiger partial charge >= 0.3 is 5.97 Å². The van der Waals surface area contributed by atoms with Crippen LogP contribution in [0.5, 0.6) is 0 Å². The highest BCUT2D eigenvalue weighted by atomic mass is 32.1. The van der Waals surface area contributed by atoms with Crippen LogP contribution in [0.15, 0.2) is 12.1 Å². The van der Waals surface area contributed by atoms with Gasteiger partial charge in [-0.15, -0.1) is 11.3 Å². The van der Waals surface area contributed by atoms with Gasteiger partial charge in [0.2, 0.25) is 0 Å². The van der Waals surface area contributed by atoms with Crippen molar-refractivity contribution in [3.8, 4) is 0 Å². The monoisotopic (exact) mass is 239 g/mol. The third-order valence-corrected chi connectivity index (χ3v) is 4.26. The van der Waals surface area contributed by atoms with Crippen molar-refractivity contribution in [2.45, 2.75) is 38.8 Å². The van der Waals surface area contributed by atoms with E-state index < -0.39 is 11.5 Å². The Kier molecular flexibility index (Phi) is 3.04. The normalized spacial score (nSPS) is 19.4. The first kappa shape index (κ1) is 11.6. The Morgan fingerprint density at radius 1 is 1.62 bits per heavy atom. The first-order valence-corrected chi connectivity index (χ1v) is 6.38. The Labute approximate surface area is 99.5 Å². The molecule has 1 atom stereocenters. The average molecular weight is 239 g/mol. The molecule has 4 heteroatoms. The smallest absolute Gasteiger partial charge is 0.323 e. The minimum atomic E-state index is -0.752. The van der Waals surface area contributed by atoms with Crippen LogP contribution in [0.4, 0.5) is 0 Å². The molecule has 1 aliphatic rings. The second kappa shape index (κ2) is 4.18. The number of carboxylic acid groups (broad SMARTS) is 1. The number of nitrogens with one attached hydrogen (secondary N) is 1. The van der Waals surface area contributed by atoms with Gasteiger partial charge in [-0.3, -0.25) is 10.1 Å². The fourth-order valence-electron chi connectivity index (χ4n) is 1.91. The Bertz CT molecular complexity index is 397. The summed E-state index contributed by atoms with van der Waals surface area (Å²) in [4.78, 5) is 13.7. The summed E-state index contributed by atoms with van der Waals surface area (Å²) in [6.45, 7) is 4.51. The van der Waals surface area contributed by atoms with E-state index in [-0.39, 0.29) is 0 Å². The molecule has 3 nitrogen and oxygen atoms in total. The summed E-state index contributed by atoms with van der Waals surface area (Å²) >= 11 is 1.72. The van der Waals surface area contributed by atoms with Crippen molar-refractivity contribution >= 4 is 17.3 Å². The summed E-state index contributed by atoms with van der Waals surface area (Å²) < 4.78 is 0. The van der Waals surface area contributed by atoms with E-state index in [2.05, 4.69) is 24.4 Å². The molecule has 0 amide bonds. The number of rotatable bonds is 5. The molecule has 0 spiro atoms. The van der Waals surface area contributed by atoms with Crippen LogP contribution in [-0.2, 0) is 11.3 Å². The highest BCUT2D eigenvalue weighted by molar-refractivity contribution is 7.11. The number of aliphatic carboxylic acids is 1. The maximum Gasteiger partial charge on any atom is 0.323 e. The van der Waals surface area contributed by atoms with E-state index in [9.17, 15) is 9.90 Å². The van der Waals surface area contributed by atoms with Crippen molar-refractivity contribution < 1.29 is 9.90 Å². The second-order valence-electron chi connectivity index (χ2n) is 4.65. The first-order valence-electron chi connectivity index (χ1n) is 5.56. The molecule has 1 unspecified atom stereocenters. The number of hydrogen-bond acceptors (Lipinski definition) is 3. The topological polar surface area (TPSA) is 49.3 Å². The van der Waals surface area contributed by atoms with Gasteiger partial charge in [0.25, 0.3) is 0 Å². The average Bonchev–Trinajstić information content (AvgIpc) is 2.99. The lowest BCUT2D eigenvalue weighted by atomic mass is 9.96. The Morgan fingerprint density at radius 2 is 2.31 bits per heavy atom. The molecule has 2 N–H and O–H groups in total. The predicted molar refractivity (Wildman–Crippen MR) is 64.7 cm³/mol. The molecule has 1 saturated carbocycles. The van der Waals surface area contributed by atoms with Crippen LogP contribution in [0.2, 0.25) is 0 Å². The molecule has 0 bridgehead atoms. The zero-order valence-corrected chi connectivity index (χ0v) is 10.4. The van der Waals surface area contributed by atoms with Crippen LogP contribution in [0.25, 0.3) is 0 Å². The van der Waals surface area contributed by atoms with Gasteiger partial charge in [0.1, 0.15) is 5.54 Å². The van der Waals surface area contributed by atoms with Gasteiger partial charge in [0.15, 0.2) is 0 Å². The number of carboxylic acids is 1. The molecule has 1 fully saturated rings. The van der Waals surface area contributed by atoms with Crippen molar-refractivity contribution in [3.05, 3.63) is 21.9 Å². The lowest BCUT2D eigenvalue weighted by Crippen LogP contribution is -2.50. The van der Waals surface area contributed by atoms with E-state index in [0.717, 1.165) is 12.8 Å². The SMILES string of the molecule is Cc1ccc(CNC(C)(C(=O)O)C2CC2)s1. The van der Waals surface area contributed by atoms with Gasteiger partial charge in [0, 0.05) is 16.3 Å². The van der Waals surface area contributed by atoms with Crippen LogP contribution in [-0.4, -0.2) is 16.6 Å². The zero-order chi connectivity index (χ0) is 11.8. The molecule has 1 heterocycles. The van der Waals surface area contributed by atoms with Crippen molar-refractivity contribution in [2.75, 3.05) is 0 Å². The van der Waals surface area contributed by atoms with E-state index in [1.54, 1.807) is 18.3 Å². The maximum absolute atomic E-state index is 11.3. The number of hydrogen-bond donors (Lipinski definition) is 2. The molecule has 1 aromatic rings. The second-order valence-corrected chi connectivity index (χ2v) is 6.02. The van der Waals surface area contributed by atoms with Crippen molar-refractivity contribution in [1.82, 2.24) is 5.32 Å². The summed E-state index contributed by atoms with van der Waals surface area (Å²) in [5.74, 6) is -0.436. The molecule has 88 valence electrons. The molecule has 0 aromatic carbocycles. The summed E-state index contributed by atoms with van der Waals surface area (Å²) in [7, 11) is 0. The quantitative estimate of drug-likeness (QED) is 0.829. The van der Waals surface area contributed by atoms with Crippen LogP contribution < -0.4 is 5.32 Å². The maximum atomic E-state index is 11.3. The lowest BCUT2D eigenvalue weighted by Gasteiger charge is -2.25. The van der Waals surface area contributed by atoms with E-state index >= 15 is 0 Å². The number of thiophene rings is 1. The van der Waals surface area contributed by atoms with Gasteiger partial charge in [-0.1, -0.05) is 0 Å². The largest absolute Gasteiger partial charge is 0.480 e. The number of aryl methyl sites for hydroxylation is 1. The molecular formula is C12H17NO2S. The Hall–Kier alpha value is -0.870. The van der Waals surface area contributed by atoms with Crippen LogP contribution in [0, 0.1) is 12.8 Å². The minimum absolute atomic E-state index is 0.297. The van der Waals surface area contributed by atoms with E-state index in [1.807, 2.05) is 0 Å². The molecule has 0 saturated heterocycles. The van der Waals surface area contributed by atoms with Gasteiger partial charge in [0.05, 0.1) is 0 Å². The first-order chi connectivity index (χ1) is 7.52. The van der Waals surface area contributed by atoms with Crippen molar-refractivity contribution in [1.29, 1.82) is 0 Å². The third kappa shape index (κ3) is 2.28. The van der Waals surface area contributed by atoms with Gasteiger partial charge in [-0.2, -0.15) is 0 Å². The fraction of sp³-hybridized carbons (Fsp3) is 0.583. The fourth-order valence-corrected chi connectivity index (χ4v) is 2.74. The predicted octanol–water partition coefficient (Wildman–Crippen LogP) is 2.40. The van der Waals surface area contributed by atoms with Gasteiger partial charge in [-0.05, 0) is 44.7 Å². The molecule has 0 aliphatic heterocycles. The van der Waals surface area contributed by atoms with Crippen LogP contribution >= 0.6 is 11.3 Å². The standard InChI is InChI=1S/C12H17NO2S/c1-8-3-6-10(16-8)7-13-12(2,11(14)15)9-4-5-9/h3,6,9,13H,4-5,7H2,1-2H3,(H,14,15). The molecule has 1 aromatic heterocycles. The third-order valence-electron chi connectivity index (χ3n) is 3.26. The van der Waals surface area contributed by atoms with E-state index in [1.165, 1.54) is 9.75 Å². The summed E-state index contributed by atoms with van der Waals surface area (Å²) in [6, 6.07) is 4.12. The van der Waals surface area contributed by atoms with Gasteiger partial charge in [-0.25, -0.2) is 0 Å². The van der Waals surface area contributed by atoms with Crippen LogP contribution in [0.3, 0.4) is 0 Å². The summed E-state index contributed by atoms with van der Waals surface area (Å²) in [5, 5.41) is 12.5. The highest BCUT2D eigenvalue weighted by Crippen LogP contribution is 2.40. The Balaban J connectivity index is 1.99. The summed E-state index contributed by atoms with van der Waals surface area (Å²) in [5.41, 5.74) is -0.752. The van der Waals surface area contributed by atoms with Crippen molar-refractivity contribution in [2.24, 2.45) is 5.92 Å². The molecule has 2 rings (SSSR count). The zero-order valence-electron chi connectivity index (χ0n) is 9.62. The highest BCUT2D eigenvalue weighted by Gasteiger charge is 2.47. The lowest BCUT2D eigenvalue weighted by molar-refractivity contribution is -0.145. The summed E-state index contributed by atoms with van der Waals surface area (Å²) in [6.07, 6.45) is 2.05. The minimum Gasteiger partial charge on any atom is -0.480 e. The van der Waals surface area contributed by atoms with Gasteiger partial charge < -0.3 is 5.11 Å². The number of carbonyl (C=O) groups is 1.